The van der Waals surface area contributed by atoms with Crippen LogP contribution in [0, 0.1) is 5.92 Å². The van der Waals surface area contributed by atoms with E-state index in [-0.39, 0.29) is 10.9 Å². The minimum Gasteiger partial charge on any atom is -0.495 e. The summed E-state index contributed by atoms with van der Waals surface area (Å²) in [6.45, 7) is 2.11. The lowest BCUT2D eigenvalue weighted by molar-refractivity contribution is 0.399. The molecule has 2 unspecified atom stereocenters. The summed E-state index contributed by atoms with van der Waals surface area (Å²) in [6.07, 6.45) is 5.39. The number of nitrogens with one attached hydrogen (secondary N) is 1. The molecule has 6 heteroatoms. The Morgan fingerprint density at radius 1 is 1.24 bits per heavy atom. The van der Waals surface area contributed by atoms with Gasteiger partial charge in [-0.1, -0.05) is 26.2 Å². The second-order valence-electron chi connectivity index (χ2n) is 5.75. The molecule has 3 N–H and O–H groups in total. The maximum Gasteiger partial charge on any atom is 0.240 e. The summed E-state index contributed by atoms with van der Waals surface area (Å²) < 4.78 is 32.9. The van der Waals surface area contributed by atoms with E-state index < -0.39 is 10.0 Å². The molecule has 1 aromatic carbocycles. The number of sulfonamides is 1. The lowest BCUT2D eigenvalue weighted by Gasteiger charge is -2.22. The molecule has 2 atom stereocenters. The van der Waals surface area contributed by atoms with Gasteiger partial charge in [-0.25, -0.2) is 13.1 Å². The summed E-state index contributed by atoms with van der Waals surface area (Å²) in [7, 11) is -2.04. The summed E-state index contributed by atoms with van der Waals surface area (Å²) >= 11 is 0. The average Bonchev–Trinajstić information content (AvgIpc) is 2.64. The Balaban J connectivity index is 2.19. The number of anilines is 1. The van der Waals surface area contributed by atoms with Crippen molar-refractivity contribution in [3.05, 3.63) is 18.2 Å². The fourth-order valence-corrected chi connectivity index (χ4v) is 4.23. The van der Waals surface area contributed by atoms with Gasteiger partial charge >= 0.3 is 0 Å². The molecule has 0 heterocycles. The maximum atomic E-state index is 12.5. The Hall–Kier alpha value is -1.27. The first-order chi connectivity index (χ1) is 9.94. The van der Waals surface area contributed by atoms with Crippen LogP contribution in [0.5, 0.6) is 5.75 Å². The van der Waals surface area contributed by atoms with Gasteiger partial charge in [-0.05, 0) is 37.0 Å². The Labute approximate surface area is 126 Å². The average molecular weight is 312 g/mol. The highest BCUT2D eigenvalue weighted by Crippen LogP contribution is 2.27. The highest BCUT2D eigenvalue weighted by atomic mass is 32.2. The fraction of sp³-hybridized carbons (Fsp3) is 0.600. The van der Waals surface area contributed by atoms with Gasteiger partial charge in [0.1, 0.15) is 5.75 Å². The van der Waals surface area contributed by atoms with Crippen LogP contribution >= 0.6 is 0 Å². The summed E-state index contributed by atoms with van der Waals surface area (Å²) in [5.74, 6) is 0.842. The van der Waals surface area contributed by atoms with Gasteiger partial charge in [0.15, 0.2) is 0 Å². The van der Waals surface area contributed by atoms with Crippen LogP contribution in [-0.4, -0.2) is 21.6 Å². The standard InChI is InChI=1S/C15H24N2O3S/c1-11-6-4-3-5-7-14(11)17-21(18,19)12-8-9-15(20-2)13(16)10-12/h8-11,14,17H,3-7,16H2,1-2H3. The quantitative estimate of drug-likeness (QED) is 0.661. The highest BCUT2D eigenvalue weighted by Gasteiger charge is 2.26. The van der Waals surface area contributed by atoms with Crippen molar-refractivity contribution in [1.29, 1.82) is 0 Å². The second kappa shape index (κ2) is 6.66. The lowest BCUT2D eigenvalue weighted by atomic mass is 9.98. The van der Waals surface area contributed by atoms with Crippen LogP contribution in [0.3, 0.4) is 0 Å². The van der Waals surface area contributed by atoms with Gasteiger partial charge < -0.3 is 10.5 Å². The van der Waals surface area contributed by atoms with Crippen LogP contribution in [-0.2, 0) is 10.0 Å². The zero-order chi connectivity index (χ0) is 15.5. The zero-order valence-electron chi connectivity index (χ0n) is 12.6. The van der Waals surface area contributed by atoms with Crippen LogP contribution < -0.4 is 15.2 Å². The molecule has 1 aromatic rings. The SMILES string of the molecule is COc1ccc(S(=O)(=O)NC2CCCCCC2C)cc1N. The summed E-state index contributed by atoms with van der Waals surface area (Å²) in [5.41, 5.74) is 6.12. The van der Waals surface area contributed by atoms with E-state index in [2.05, 4.69) is 11.6 Å². The molecule has 0 bridgehead atoms. The Kier molecular flexibility index (Phi) is 5.11. The van der Waals surface area contributed by atoms with Gasteiger partial charge in [-0.2, -0.15) is 0 Å². The molecular weight excluding hydrogens is 288 g/mol. The van der Waals surface area contributed by atoms with Gasteiger partial charge in [-0.15, -0.1) is 0 Å². The van der Waals surface area contributed by atoms with E-state index in [1.807, 2.05) is 0 Å². The van der Waals surface area contributed by atoms with Crippen molar-refractivity contribution < 1.29 is 13.2 Å². The van der Waals surface area contributed by atoms with Crippen LogP contribution in [0.15, 0.2) is 23.1 Å². The molecule has 0 radical (unpaired) electrons. The summed E-state index contributed by atoms with van der Waals surface area (Å²) in [5, 5.41) is 0. The maximum absolute atomic E-state index is 12.5. The van der Waals surface area contributed by atoms with Crippen molar-refractivity contribution in [2.24, 2.45) is 5.92 Å². The van der Waals surface area contributed by atoms with Crippen molar-refractivity contribution in [2.45, 2.75) is 50.0 Å². The van der Waals surface area contributed by atoms with Crippen molar-refractivity contribution >= 4 is 15.7 Å². The number of nitrogen functional groups attached to an aromatic ring is 1. The Morgan fingerprint density at radius 3 is 2.62 bits per heavy atom. The predicted molar refractivity (Wildman–Crippen MR) is 83.8 cm³/mol. The van der Waals surface area contributed by atoms with Crippen LogP contribution in [0.2, 0.25) is 0 Å². The highest BCUT2D eigenvalue weighted by molar-refractivity contribution is 7.89. The van der Waals surface area contributed by atoms with Gasteiger partial charge in [0.05, 0.1) is 17.7 Å². The molecule has 21 heavy (non-hydrogen) atoms. The van der Waals surface area contributed by atoms with Crippen LogP contribution in [0.4, 0.5) is 5.69 Å². The largest absolute Gasteiger partial charge is 0.495 e. The van der Waals surface area contributed by atoms with Crippen LogP contribution in [0.25, 0.3) is 0 Å². The van der Waals surface area contributed by atoms with E-state index in [9.17, 15) is 8.42 Å². The van der Waals surface area contributed by atoms with Gasteiger partial charge in [0.25, 0.3) is 0 Å². The number of hydrogen-bond donors (Lipinski definition) is 2. The number of benzene rings is 1. The Bertz CT molecular complexity index is 587. The fourth-order valence-electron chi connectivity index (χ4n) is 2.82. The van der Waals surface area contributed by atoms with E-state index in [0.29, 0.717) is 17.4 Å². The van der Waals surface area contributed by atoms with Gasteiger partial charge in [0.2, 0.25) is 10.0 Å². The molecule has 0 aliphatic heterocycles. The van der Waals surface area contributed by atoms with Crippen molar-refractivity contribution in [3.63, 3.8) is 0 Å². The molecule has 1 saturated carbocycles. The lowest BCUT2D eigenvalue weighted by Crippen LogP contribution is -2.38. The minimum atomic E-state index is -3.54. The summed E-state index contributed by atoms with van der Waals surface area (Å²) in [4.78, 5) is 0.192. The first kappa shape index (κ1) is 16.1. The topological polar surface area (TPSA) is 81.4 Å². The number of rotatable bonds is 4. The third kappa shape index (κ3) is 3.89. The molecule has 0 amide bonds. The number of nitrogens with two attached hydrogens (primary N) is 1. The molecular formula is C15H24N2O3S. The molecule has 118 valence electrons. The van der Waals surface area contributed by atoms with E-state index in [0.717, 1.165) is 19.3 Å². The zero-order valence-corrected chi connectivity index (χ0v) is 13.4. The molecule has 5 nitrogen and oxygen atoms in total. The number of methoxy groups -OCH3 is 1. The third-order valence-corrected chi connectivity index (χ3v) is 5.67. The normalized spacial score (nSPS) is 23.5. The van der Waals surface area contributed by atoms with Crippen molar-refractivity contribution in [2.75, 3.05) is 12.8 Å². The second-order valence-corrected chi connectivity index (χ2v) is 7.46. The van der Waals surface area contributed by atoms with E-state index in [1.54, 1.807) is 6.07 Å². The molecule has 2 rings (SSSR count). The molecule has 1 fully saturated rings. The van der Waals surface area contributed by atoms with Crippen molar-refractivity contribution in [3.8, 4) is 5.75 Å². The van der Waals surface area contributed by atoms with E-state index >= 15 is 0 Å². The Morgan fingerprint density at radius 2 is 1.95 bits per heavy atom. The number of ether oxygens (including phenoxy) is 1. The summed E-state index contributed by atoms with van der Waals surface area (Å²) in [6, 6.07) is 4.56. The number of hydrogen-bond acceptors (Lipinski definition) is 4. The predicted octanol–water partition coefficient (Wildman–Crippen LogP) is 2.52. The minimum absolute atomic E-state index is 0.000765. The first-order valence-corrected chi connectivity index (χ1v) is 8.88. The van der Waals surface area contributed by atoms with Crippen LogP contribution in [0.1, 0.15) is 39.0 Å². The molecule has 1 aliphatic carbocycles. The van der Waals surface area contributed by atoms with Gasteiger partial charge in [-0.3, -0.25) is 0 Å². The smallest absolute Gasteiger partial charge is 0.240 e. The van der Waals surface area contributed by atoms with E-state index in [1.165, 1.54) is 32.1 Å². The van der Waals surface area contributed by atoms with Gasteiger partial charge in [0, 0.05) is 6.04 Å². The third-order valence-electron chi connectivity index (χ3n) is 4.18. The van der Waals surface area contributed by atoms with Crippen molar-refractivity contribution in [1.82, 2.24) is 4.72 Å². The first-order valence-electron chi connectivity index (χ1n) is 7.40. The molecule has 0 spiro atoms. The molecule has 1 aliphatic rings. The monoisotopic (exact) mass is 312 g/mol. The molecule has 0 saturated heterocycles. The molecule has 0 aromatic heterocycles. The van der Waals surface area contributed by atoms with E-state index in [4.69, 9.17) is 10.5 Å².